The standard InChI is InChI=1S/C11H22N2O2S/c1-9(10-3-4-10)12-11-5-7-13(8-6-11)16(2,14)15/h9-12H,3-8H2,1-2H3. The van der Waals surface area contributed by atoms with Crippen molar-refractivity contribution in [3.05, 3.63) is 0 Å². The molecule has 0 amide bonds. The highest BCUT2D eigenvalue weighted by Gasteiger charge is 2.31. The summed E-state index contributed by atoms with van der Waals surface area (Å²) >= 11 is 0. The first kappa shape index (κ1) is 12.3. The molecular weight excluding hydrogens is 224 g/mol. The van der Waals surface area contributed by atoms with Crippen molar-refractivity contribution in [2.75, 3.05) is 19.3 Å². The number of sulfonamides is 1. The zero-order chi connectivity index (χ0) is 11.8. The summed E-state index contributed by atoms with van der Waals surface area (Å²) in [5.41, 5.74) is 0. The van der Waals surface area contributed by atoms with E-state index in [-0.39, 0.29) is 0 Å². The van der Waals surface area contributed by atoms with E-state index in [9.17, 15) is 8.42 Å². The van der Waals surface area contributed by atoms with Gasteiger partial charge in [-0.3, -0.25) is 0 Å². The fourth-order valence-corrected chi connectivity index (χ4v) is 3.33. The van der Waals surface area contributed by atoms with Gasteiger partial charge in [0.05, 0.1) is 6.26 Å². The monoisotopic (exact) mass is 246 g/mol. The molecule has 2 aliphatic rings. The highest BCUT2D eigenvalue weighted by atomic mass is 32.2. The number of hydrogen-bond acceptors (Lipinski definition) is 3. The van der Waals surface area contributed by atoms with Crippen LogP contribution >= 0.6 is 0 Å². The zero-order valence-corrected chi connectivity index (χ0v) is 11.0. The van der Waals surface area contributed by atoms with Crippen LogP contribution in [0.25, 0.3) is 0 Å². The van der Waals surface area contributed by atoms with E-state index in [0.29, 0.717) is 25.2 Å². The fraction of sp³-hybridized carbons (Fsp3) is 1.00. The molecule has 1 aliphatic carbocycles. The Morgan fingerprint density at radius 3 is 2.19 bits per heavy atom. The Kier molecular flexibility index (Phi) is 3.56. The van der Waals surface area contributed by atoms with E-state index in [4.69, 9.17) is 0 Å². The summed E-state index contributed by atoms with van der Waals surface area (Å²) in [5.74, 6) is 0.868. The number of rotatable bonds is 4. The number of nitrogens with zero attached hydrogens (tertiary/aromatic N) is 1. The third-order valence-corrected chi connectivity index (χ3v) is 5.05. The summed E-state index contributed by atoms with van der Waals surface area (Å²) in [6.45, 7) is 3.60. The van der Waals surface area contributed by atoms with Crippen LogP contribution in [-0.4, -0.2) is 44.2 Å². The van der Waals surface area contributed by atoms with Gasteiger partial charge in [0.25, 0.3) is 0 Å². The molecule has 1 N–H and O–H groups in total. The lowest BCUT2D eigenvalue weighted by atomic mass is 10.0. The van der Waals surface area contributed by atoms with Crippen molar-refractivity contribution in [1.29, 1.82) is 0 Å². The molecule has 5 heteroatoms. The Balaban J connectivity index is 1.76. The van der Waals surface area contributed by atoms with Crippen molar-refractivity contribution in [2.24, 2.45) is 5.92 Å². The first-order chi connectivity index (χ1) is 7.47. The predicted octanol–water partition coefficient (Wildman–Crippen LogP) is 0.798. The second-order valence-electron chi connectivity index (χ2n) is 5.23. The van der Waals surface area contributed by atoms with Gasteiger partial charge in [-0.05, 0) is 38.5 Å². The van der Waals surface area contributed by atoms with Crippen LogP contribution in [0, 0.1) is 5.92 Å². The first-order valence-electron chi connectivity index (χ1n) is 6.18. The van der Waals surface area contributed by atoms with Gasteiger partial charge in [0.2, 0.25) is 10.0 Å². The average molecular weight is 246 g/mol. The molecule has 0 aromatic heterocycles. The van der Waals surface area contributed by atoms with Gasteiger partial charge in [-0.15, -0.1) is 0 Å². The van der Waals surface area contributed by atoms with E-state index in [0.717, 1.165) is 18.8 Å². The van der Waals surface area contributed by atoms with E-state index >= 15 is 0 Å². The van der Waals surface area contributed by atoms with Gasteiger partial charge in [0.15, 0.2) is 0 Å². The SMILES string of the molecule is CC(NC1CCN(S(C)(=O)=O)CC1)C1CC1. The lowest BCUT2D eigenvalue weighted by Crippen LogP contribution is -2.47. The third-order valence-electron chi connectivity index (χ3n) is 3.75. The lowest BCUT2D eigenvalue weighted by molar-refractivity contribution is 0.271. The van der Waals surface area contributed by atoms with E-state index in [1.54, 1.807) is 4.31 Å². The van der Waals surface area contributed by atoms with Crippen molar-refractivity contribution < 1.29 is 8.42 Å². The van der Waals surface area contributed by atoms with Crippen LogP contribution < -0.4 is 5.32 Å². The maximum absolute atomic E-state index is 11.3. The first-order valence-corrected chi connectivity index (χ1v) is 8.03. The maximum Gasteiger partial charge on any atom is 0.211 e. The molecule has 1 unspecified atom stereocenters. The second kappa shape index (κ2) is 4.63. The molecule has 0 aromatic rings. The second-order valence-corrected chi connectivity index (χ2v) is 7.21. The van der Waals surface area contributed by atoms with Crippen molar-refractivity contribution in [3.63, 3.8) is 0 Å². The van der Waals surface area contributed by atoms with Gasteiger partial charge in [0.1, 0.15) is 0 Å². The molecule has 2 fully saturated rings. The Morgan fingerprint density at radius 2 is 1.75 bits per heavy atom. The van der Waals surface area contributed by atoms with Crippen LogP contribution in [0.3, 0.4) is 0 Å². The summed E-state index contributed by atoms with van der Waals surface area (Å²) < 4.78 is 24.3. The van der Waals surface area contributed by atoms with Crippen molar-refractivity contribution in [3.8, 4) is 0 Å². The molecule has 0 aromatic carbocycles. The molecule has 1 saturated carbocycles. The predicted molar refractivity (Wildman–Crippen MR) is 64.8 cm³/mol. The molecule has 2 rings (SSSR count). The van der Waals surface area contributed by atoms with Gasteiger partial charge >= 0.3 is 0 Å². The molecule has 16 heavy (non-hydrogen) atoms. The number of nitrogens with one attached hydrogen (secondary N) is 1. The van der Waals surface area contributed by atoms with E-state index in [1.807, 2.05) is 0 Å². The van der Waals surface area contributed by atoms with Crippen LogP contribution in [-0.2, 0) is 10.0 Å². The number of hydrogen-bond donors (Lipinski definition) is 1. The smallest absolute Gasteiger partial charge is 0.211 e. The summed E-state index contributed by atoms with van der Waals surface area (Å²) in [6, 6.07) is 1.11. The molecule has 0 bridgehead atoms. The van der Waals surface area contributed by atoms with Crippen LogP contribution in [0.2, 0.25) is 0 Å². The zero-order valence-electron chi connectivity index (χ0n) is 10.1. The molecule has 94 valence electrons. The third kappa shape index (κ3) is 3.18. The van der Waals surface area contributed by atoms with Crippen molar-refractivity contribution in [2.45, 2.75) is 44.7 Å². The average Bonchev–Trinajstić information content (AvgIpc) is 3.00. The largest absolute Gasteiger partial charge is 0.311 e. The van der Waals surface area contributed by atoms with Crippen LogP contribution in [0.4, 0.5) is 0 Å². The lowest BCUT2D eigenvalue weighted by Gasteiger charge is -2.32. The minimum atomic E-state index is -2.98. The quantitative estimate of drug-likeness (QED) is 0.798. The minimum Gasteiger partial charge on any atom is -0.311 e. The number of piperidine rings is 1. The van der Waals surface area contributed by atoms with E-state index in [1.165, 1.54) is 19.1 Å². The Labute approximate surface area is 98.4 Å². The van der Waals surface area contributed by atoms with Crippen molar-refractivity contribution in [1.82, 2.24) is 9.62 Å². The Bertz CT molecular complexity index is 330. The van der Waals surface area contributed by atoms with Crippen molar-refractivity contribution >= 4 is 10.0 Å². The summed E-state index contributed by atoms with van der Waals surface area (Å²) in [7, 11) is -2.98. The highest BCUT2D eigenvalue weighted by molar-refractivity contribution is 7.88. The molecule has 1 saturated heterocycles. The molecule has 1 atom stereocenters. The molecule has 0 radical (unpaired) electrons. The van der Waals surface area contributed by atoms with Crippen LogP contribution in [0.15, 0.2) is 0 Å². The topological polar surface area (TPSA) is 49.4 Å². The molecule has 4 nitrogen and oxygen atoms in total. The Morgan fingerprint density at radius 1 is 1.19 bits per heavy atom. The summed E-state index contributed by atoms with van der Waals surface area (Å²) in [5, 5.41) is 3.63. The van der Waals surface area contributed by atoms with Gasteiger partial charge in [-0.2, -0.15) is 0 Å². The summed E-state index contributed by atoms with van der Waals surface area (Å²) in [6.07, 6.45) is 5.91. The molecule has 1 aliphatic heterocycles. The highest BCUT2D eigenvalue weighted by Crippen LogP contribution is 2.32. The van der Waals surface area contributed by atoms with E-state index in [2.05, 4.69) is 12.2 Å². The normalized spacial score (nSPS) is 26.9. The van der Waals surface area contributed by atoms with Crippen LogP contribution in [0.5, 0.6) is 0 Å². The van der Waals surface area contributed by atoms with Gasteiger partial charge in [-0.25, -0.2) is 12.7 Å². The Hall–Kier alpha value is -0.130. The van der Waals surface area contributed by atoms with Gasteiger partial charge in [0, 0.05) is 25.2 Å². The maximum atomic E-state index is 11.3. The fourth-order valence-electron chi connectivity index (χ4n) is 2.46. The minimum absolute atomic E-state index is 0.508. The van der Waals surface area contributed by atoms with Gasteiger partial charge in [-0.1, -0.05) is 0 Å². The summed E-state index contributed by atoms with van der Waals surface area (Å²) in [4.78, 5) is 0. The molecule has 0 spiro atoms. The van der Waals surface area contributed by atoms with Crippen LogP contribution in [0.1, 0.15) is 32.6 Å². The molecular formula is C11H22N2O2S. The molecule has 1 heterocycles. The van der Waals surface area contributed by atoms with E-state index < -0.39 is 10.0 Å². The van der Waals surface area contributed by atoms with Gasteiger partial charge < -0.3 is 5.32 Å².